The minimum absolute atomic E-state index is 0.0386. The molecule has 49 heavy (non-hydrogen) atoms. The number of ether oxygens (including phenoxy) is 1. The van der Waals surface area contributed by atoms with Crippen LogP contribution in [0.15, 0.2) is 144 Å². The zero-order valence-corrected chi connectivity index (χ0v) is 27.8. The van der Waals surface area contributed by atoms with Crippen LogP contribution in [0.3, 0.4) is 0 Å². The van der Waals surface area contributed by atoms with E-state index < -0.39 is 0 Å². The maximum atomic E-state index is 13.5. The summed E-state index contributed by atoms with van der Waals surface area (Å²) in [4.78, 5) is 18.2. The maximum Gasteiger partial charge on any atom is 0.226 e. The van der Waals surface area contributed by atoms with Crippen molar-refractivity contribution in [3.05, 3.63) is 173 Å². The highest BCUT2D eigenvalue weighted by atomic mass is 32.1. The zero-order valence-electron chi connectivity index (χ0n) is 27.0. The third-order valence-electron chi connectivity index (χ3n) is 8.18. The first-order valence-electron chi connectivity index (χ1n) is 16.2. The van der Waals surface area contributed by atoms with Crippen LogP contribution in [0.25, 0.3) is 22.0 Å². The van der Waals surface area contributed by atoms with E-state index in [0.29, 0.717) is 36.5 Å². The van der Waals surface area contributed by atoms with E-state index in [1.165, 1.54) is 0 Å². The van der Waals surface area contributed by atoms with Crippen LogP contribution < -0.4 is 10.1 Å². The lowest BCUT2D eigenvalue weighted by atomic mass is 10.00. The molecule has 1 atom stereocenters. The number of para-hydroxylation sites is 1. The molecule has 2 aromatic heterocycles. The lowest BCUT2D eigenvalue weighted by Crippen LogP contribution is -2.16. The standard InChI is InChI=1S/C41H34N4O3S/c1-28-35(43-39(48-28)31-15-7-3-8-16-31)25-26-47-33-23-21-29(22-24-33)27-37(41-45-44-40(49-41)32-17-9-4-10-18-32)42-36-20-12-11-19-34(36)38(46)30-13-5-2-6-14-30/h2-24,37,42H,25-27H2,1H3/t37-/m0/s1. The Bertz CT molecular complexity index is 2130. The molecule has 0 fully saturated rings. The van der Waals surface area contributed by atoms with Crippen LogP contribution in [0.4, 0.5) is 5.69 Å². The van der Waals surface area contributed by atoms with Gasteiger partial charge in [0.05, 0.1) is 18.3 Å². The molecule has 0 saturated heterocycles. The summed E-state index contributed by atoms with van der Waals surface area (Å²) in [6, 6.07) is 44.8. The van der Waals surface area contributed by atoms with Gasteiger partial charge in [0.2, 0.25) is 5.89 Å². The number of carbonyl (C=O) groups excluding carboxylic acids is 1. The zero-order chi connectivity index (χ0) is 33.4. The first kappa shape index (κ1) is 31.7. The maximum absolute atomic E-state index is 13.5. The Kier molecular flexibility index (Phi) is 9.66. The molecule has 7 aromatic rings. The van der Waals surface area contributed by atoms with Gasteiger partial charge in [-0.1, -0.05) is 114 Å². The number of anilines is 1. The van der Waals surface area contributed by atoms with Gasteiger partial charge < -0.3 is 14.5 Å². The van der Waals surface area contributed by atoms with Crippen molar-refractivity contribution in [1.29, 1.82) is 0 Å². The highest BCUT2D eigenvalue weighted by Crippen LogP contribution is 2.32. The van der Waals surface area contributed by atoms with Crippen molar-refractivity contribution in [3.63, 3.8) is 0 Å². The van der Waals surface area contributed by atoms with Crippen molar-refractivity contribution in [3.8, 4) is 27.8 Å². The Morgan fingerprint density at radius 1 is 0.776 bits per heavy atom. The summed E-state index contributed by atoms with van der Waals surface area (Å²) >= 11 is 1.55. The Balaban J connectivity index is 1.07. The van der Waals surface area contributed by atoms with Crippen LogP contribution in [0.5, 0.6) is 5.75 Å². The Hall–Kier alpha value is -5.86. The van der Waals surface area contributed by atoms with Crippen molar-refractivity contribution in [1.82, 2.24) is 15.2 Å². The molecule has 0 aliphatic rings. The summed E-state index contributed by atoms with van der Waals surface area (Å²) in [5.74, 6) is 2.16. The van der Waals surface area contributed by atoms with Crippen molar-refractivity contribution in [2.75, 3.05) is 11.9 Å². The first-order valence-corrected chi connectivity index (χ1v) is 17.0. The van der Waals surface area contributed by atoms with Gasteiger partial charge in [0.1, 0.15) is 21.5 Å². The molecule has 0 aliphatic carbocycles. The molecule has 242 valence electrons. The largest absolute Gasteiger partial charge is 0.493 e. The average molecular weight is 663 g/mol. The number of nitrogens with one attached hydrogen (secondary N) is 1. The summed E-state index contributed by atoms with van der Waals surface area (Å²) in [5.41, 5.74) is 5.95. The van der Waals surface area contributed by atoms with E-state index in [1.807, 2.05) is 134 Å². The number of carbonyl (C=O) groups is 1. The second-order valence-corrected chi connectivity index (χ2v) is 12.6. The van der Waals surface area contributed by atoms with Crippen LogP contribution in [0.2, 0.25) is 0 Å². The number of hydrogen-bond donors (Lipinski definition) is 1. The van der Waals surface area contributed by atoms with Crippen molar-refractivity contribution >= 4 is 22.8 Å². The molecule has 2 heterocycles. The van der Waals surface area contributed by atoms with Crippen LogP contribution >= 0.6 is 11.3 Å². The minimum Gasteiger partial charge on any atom is -0.493 e. The number of ketones is 1. The summed E-state index contributed by atoms with van der Waals surface area (Å²) in [6.07, 6.45) is 1.26. The van der Waals surface area contributed by atoms with E-state index in [1.54, 1.807) is 11.3 Å². The summed E-state index contributed by atoms with van der Waals surface area (Å²) < 4.78 is 12.0. The number of aromatic nitrogens is 3. The number of nitrogens with zero attached hydrogens (tertiary/aromatic N) is 3. The van der Waals surface area contributed by atoms with E-state index >= 15 is 0 Å². The summed E-state index contributed by atoms with van der Waals surface area (Å²) in [5, 5.41) is 14.5. The molecule has 0 bridgehead atoms. The van der Waals surface area contributed by atoms with Crippen molar-refractivity contribution < 1.29 is 13.9 Å². The van der Waals surface area contributed by atoms with E-state index in [4.69, 9.17) is 14.1 Å². The monoisotopic (exact) mass is 662 g/mol. The molecule has 0 radical (unpaired) electrons. The van der Waals surface area contributed by atoms with Gasteiger partial charge in [-0.05, 0) is 55.3 Å². The lowest BCUT2D eigenvalue weighted by Gasteiger charge is -2.20. The molecule has 0 amide bonds. The fraction of sp³-hybridized carbons (Fsp3) is 0.122. The molecule has 0 spiro atoms. The molecule has 0 saturated carbocycles. The smallest absolute Gasteiger partial charge is 0.226 e. The van der Waals surface area contributed by atoms with Crippen molar-refractivity contribution in [2.45, 2.75) is 25.8 Å². The number of oxazole rings is 1. The molecule has 7 rings (SSSR count). The van der Waals surface area contributed by atoms with Crippen LogP contribution in [-0.4, -0.2) is 27.6 Å². The van der Waals surface area contributed by atoms with Crippen LogP contribution in [0, 0.1) is 6.92 Å². The molecule has 1 N–H and O–H groups in total. The predicted molar refractivity (Wildman–Crippen MR) is 194 cm³/mol. The topological polar surface area (TPSA) is 90.1 Å². The molecule has 0 aliphatic heterocycles. The van der Waals surface area contributed by atoms with Gasteiger partial charge in [0.15, 0.2) is 5.78 Å². The van der Waals surface area contributed by atoms with E-state index in [0.717, 1.165) is 49.6 Å². The molecule has 8 heteroatoms. The van der Waals surface area contributed by atoms with Gasteiger partial charge in [-0.25, -0.2) is 4.98 Å². The van der Waals surface area contributed by atoms with E-state index in [2.05, 4.69) is 27.6 Å². The van der Waals surface area contributed by atoms with Gasteiger partial charge in [-0.3, -0.25) is 4.79 Å². The Labute approximate surface area is 289 Å². The lowest BCUT2D eigenvalue weighted by molar-refractivity contribution is 0.103. The molecule has 7 nitrogen and oxygen atoms in total. The van der Waals surface area contributed by atoms with Gasteiger partial charge in [-0.15, -0.1) is 10.2 Å². The fourth-order valence-corrected chi connectivity index (χ4v) is 6.50. The predicted octanol–water partition coefficient (Wildman–Crippen LogP) is 9.42. The van der Waals surface area contributed by atoms with Gasteiger partial charge >= 0.3 is 0 Å². The minimum atomic E-state index is -0.236. The number of rotatable bonds is 13. The SMILES string of the molecule is Cc1oc(-c2ccccc2)nc1CCOc1ccc(C[C@H](Nc2ccccc2C(=O)c2ccccc2)c2nnc(-c3ccccc3)s2)cc1. The average Bonchev–Trinajstić information content (AvgIpc) is 3.80. The highest BCUT2D eigenvalue weighted by Gasteiger charge is 2.22. The van der Waals surface area contributed by atoms with E-state index in [9.17, 15) is 4.79 Å². The Morgan fingerprint density at radius 2 is 1.43 bits per heavy atom. The van der Waals surface area contributed by atoms with Gasteiger partial charge in [-0.2, -0.15) is 0 Å². The summed E-state index contributed by atoms with van der Waals surface area (Å²) in [6.45, 7) is 2.41. The second-order valence-electron chi connectivity index (χ2n) is 11.6. The first-order chi connectivity index (χ1) is 24.1. The van der Waals surface area contributed by atoms with Crippen LogP contribution in [-0.2, 0) is 12.8 Å². The van der Waals surface area contributed by atoms with Crippen molar-refractivity contribution in [2.24, 2.45) is 0 Å². The highest BCUT2D eigenvalue weighted by molar-refractivity contribution is 7.14. The fourth-order valence-electron chi connectivity index (χ4n) is 5.60. The molecule has 0 unspecified atom stereocenters. The summed E-state index contributed by atoms with van der Waals surface area (Å²) in [7, 11) is 0. The normalized spacial score (nSPS) is 11.6. The van der Waals surface area contributed by atoms with E-state index in [-0.39, 0.29) is 11.8 Å². The number of hydrogen-bond acceptors (Lipinski definition) is 8. The quantitative estimate of drug-likeness (QED) is 0.123. The molecular formula is C41H34N4O3S. The third-order valence-corrected chi connectivity index (χ3v) is 9.27. The Morgan fingerprint density at radius 3 is 2.16 bits per heavy atom. The molecular weight excluding hydrogens is 629 g/mol. The van der Waals surface area contributed by atoms with Gasteiger partial charge in [0, 0.05) is 34.4 Å². The second kappa shape index (κ2) is 14.9. The number of benzene rings is 5. The third kappa shape index (κ3) is 7.66. The van der Waals surface area contributed by atoms with Gasteiger partial charge in [0.25, 0.3) is 0 Å². The molecule has 5 aromatic carbocycles. The number of aryl methyl sites for hydroxylation is 1. The van der Waals surface area contributed by atoms with Crippen LogP contribution in [0.1, 0.15) is 44.0 Å².